The van der Waals surface area contributed by atoms with E-state index in [1.165, 1.54) is 12.1 Å². The quantitative estimate of drug-likeness (QED) is 0.844. The van der Waals surface area contributed by atoms with E-state index in [2.05, 4.69) is 0 Å². The van der Waals surface area contributed by atoms with Crippen LogP contribution in [-0.2, 0) is 0 Å². The maximum atomic E-state index is 12.8. The molecule has 1 aromatic carbocycles. The monoisotopic (exact) mass is 227 g/mol. The predicted molar refractivity (Wildman–Crippen MR) is 55.8 cm³/mol. The van der Waals surface area contributed by atoms with Crippen molar-refractivity contribution in [3.63, 3.8) is 0 Å². The van der Waals surface area contributed by atoms with Crippen molar-refractivity contribution >= 4 is 11.6 Å². The van der Waals surface area contributed by atoms with Gasteiger partial charge in [0.25, 0.3) is 0 Å². The molecule has 80 valence electrons. The van der Waals surface area contributed by atoms with Gasteiger partial charge in [-0.1, -0.05) is 17.7 Å². The third-order valence-corrected chi connectivity index (χ3v) is 2.56. The lowest BCUT2D eigenvalue weighted by Gasteiger charge is -2.23. The maximum absolute atomic E-state index is 12.8. The Kier molecular flexibility index (Phi) is 3.33. The van der Waals surface area contributed by atoms with E-state index in [9.17, 15) is 9.50 Å². The van der Waals surface area contributed by atoms with E-state index in [-0.39, 0.29) is 5.02 Å². The molecule has 1 aromatic rings. The van der Waals surface area contributed by atoms with Crippen LogP contribution in [-0.4, -0.2) is 5.11 Å². The molecule has 15 heavy (non-hydrogen) atoms. The lowest BCUT2D eigenvalue weighted by atomic mass is 9.84. The summed E-state index contributed by atoms with van der Waals surface area (Å²) >= 11 is 5.78. The number of aliphatic hydroxyl groups excluding tert-OH is 1. The summed E-state index contributed by atoms with van der Waals surface area (Å²) < 4.78 is 12.8. The molecule has 0 amide bonds. The minimum atomic E-state index is -1.03. The van der Waals surface area contributed by atoms with E-state index in [1.54, 1.807) is 13.8 Å². The van der Waals surface area contributed by atoms with Crippen LogP contribution in [0.5, 0.6) is 0 Å². The van der Waals surface area contributed by atoms with Gasteiger partial charge in [0, 0.05) is 10.6 Å². The molecular weight excluding hydrogens is 217 g/mol. The molecule has 0 spiro atoms. The van der Waals surface area contributed by atoms with Crippen molar-refractivity contribution in [2.75, 3.05) is 0 Å². The van der Waals surface area contributed by atoms with E-state index >= 15 is 0 Å². The number of halogens is 2. The first kappa shape index (κ1) is 12.0. The highest BCUT2D eigenvalue weighted by Gasteiger charge is 2.30. The lowest BCUT2D eigenvalue weighted by molar-refractivity contribution is 0.0868. The normalized spacial score (nSPS) is 13.3. The Hall–Kier alpha value is -1.11. The van der Waals surface area contributed by atoms with Gasteiger partial charge in [0.2, 0.25) is 0 Å². The minimum Gasteiger partial charge on any atom is -0.387 e. The number of hydrogen-bond donors (Lipinski definition) is 1. The molecular formula is C11H11ClFNO. The topological polar surface area (TPSA) is 44.0 Å². The van der Waals surface area contributed by atoms with Gasteiger partial charge in [-0.25, -0.2) is 4.39 Å². The maximum Gasteiger partial charge on any atom is 0.124 e. The smallest absolute Gasteiger partial charge is 0.124 e. The van der Waals surface area contributed by atoms with E-state index in [0.717, 1.165) is 6.07 Å². The van der Waals surface area contributed by atoms with Crippen LogP contribution in [0.15, 0.2) is 18.2 Å². The Bertz CT molecular complexity index is 412. The molecule has 0 saturated heterocycles. The van der Waals surface area contributed by atoms with Crippen LogP contribution in [0, 0.1) is 22.6 Å². The Balaban J connectivity index is 3.13. The Morgan fingerprint density at radius 2 is 2.13 bits per heavy atom. The first-order valence-corrected chi connectivity index (χ1v) is 4.80. The zero-order chi connectivity index (χ0) is 11.6. The Labute approximate surface area is 92.9 Å². The molecule has 1 unspecified atom stereocenters. The third-order valence-electron chi connectivity index (χ3n) is 2.23. The molecule has 2 nitrogen and oxygen atoms in total. The van der Waals surface area contributed by atoms with E-state index in [4.69, 9.17) is 16.9 Å². The molecule has 1 atom stereocenters. The Morgan fingerprint density at radius 1 is 1.53 bits per heavy atom. The second-order valence-electron chi connectivity index (χ2n) is 3.90. The number of nitriles is 1. The summed E-state index contributed by atoms with van der Waals surface area (Å²) in [6.07, 6.45) is -1.03. The van der Waals surface area contributed by atoms with Crippen LogP contribution in [0.25, 0.3) is 0 Å². The molecule has 0 bridgehead atoms. The molecule has 1 rings (SSSR count). The van der Waals surface area contributed by atoms with Gasteiger partial charge in [-0.05, 0) is 26.0 Å². The van der Waals surface area contributed by atoms with Crippen LogP contribution in [0.2, 0.25) is 5.02 Å². The highest BCUT2D eigenvalue weighted by atomic mass is 35.5. The SMILES string of the molecule is CC(C)(C#N)C(O)c1ccc(F)cc1Cl. The van der Waals surface area contributed by atoms with Crippen LogP contribution >= 0.6 is 11.6 Å². The van der Waals surface area contributed by atoms with E-state index < -0.39 is 17.3 Å². The fourth-order valence-electron chi connectivity index (χ4n) is 1.17. The van der Waals surface area contributed by atoms with Gasteiger partial charge in [0.05, 0.1) is 17.6 Å². The van der Waals surface area contributed by atoms with Crippen molar-refractivity contribution in [3.05, 3.63) is 34.6 Å². The van der Waals surface area contributed by atoms with E-state index in [0.29, 0.717) is 5.56 Å². The van der Waals surface area contributed by atoms with Gasteiger partial charge in [-0.2, -0.15) is 5.26 Å². The molecule has 0 radical (unpaired) electrons. The van der Waals surface area contributed by atoms with Crippen LogP contribution in [0.4, 0.5) is 4.39 Å². The Morgan fingerprint density at radius 3 is 2.60 bits per heavy atom. The first-order valence-electron chi connectivity index (χ1n) is 4.43. The van der Waals surface area contributed by atoms with Gasteiger partial charge in [0.15, 0.2) is 0 Å². The first-order chi connectivity index (χ1) is 6.88. The minimum absolute atomic E-state index is 0.130. The highest BCUT2D eigenvalue weighted by molar-refractivity contribution is 6.31. The molecule has 4 heteroatoms. The lowest BCUT2D eigenvalue weighted by Crippen LogP contribution is -2.20. The number of hydrogen-bond acceptors (Lipinski definition) is 2. The summed E-state index contributed by atoms with van der Waals surface area (Å²) in [5.41, 5.74) is -0.591. The zero-order valence-corrected chi connectivity index (χ0v) is 9.22. The van der Waals surface area contributed by atoms with Gasteiger partial charge < -0.3 is 5.11 Å². The predicted octanol–water partition coefficient (Wildman–Crippen LogP) is 3.06. The average Bonchev–Trinajstić information content (AvgIpc) is 2.17. The number of rotatable bonds is 2. The van der Waals surface area contributed by atoms with E-state index in [1.807, 2.05) is 6.07 Å². The van der Waals surface area contributed by atoms with Crippen molar-refractivity contribution in [2.24, 2.45) is 5.41 Å². The van der Waals surface area contributed by atoms with Crippen molar-refractivity contribution in [3.8, 4) is 6.07 Å². The summed E-state index contributed by atoms with van der Waals surface area (Å²) in [6.45, 7) is 3.19. The number of benzene rings is 1. The van der Waals surface area contributed by atoms with Crippen LogP contribution in [0.1, 0.15) is 25.5 Å². The molecule has 0 aromatic heterocycles. The molecule has 0 saturated carbocycles. The molecule has 0 fully saturated rings. The molecule has 0 aliphatic heterocycles. The molecule has 1 N–H and O–H groups in total. The van der Waals surface area contributed by atoms with Gasteiger partial charge in [-0.3, -0.25) is 0 Å². The summed E-state index contributed by atoms with van der Waals surface area (Å²) in [5, 5.41) is 18.9. The summed E-state index contributed by atoms with van der Waals surface area (Å²) in [6, 6.07) is 5.69. The highest BCUT2D eigenvalue weighted by Crippen LogP contribution is 2.36. The van der Waals surface area contributed by atoms with Gasteiger partial charge in [-0.15, -0.1) is 0 Å². The van der Waals surface area contributed by atoms with Crippen molar-refractivity contribution in [1.29, 1.82) is 5.26 Å². The van der Waals surface area contributed by atoms with Crippen LogP contribution < -0.4 is 0 Å². The third kappa shape index (κ3) is 2.47. The summed E-state index contributed by atoms with van der Waals surface area (Å²) in [5.74, 6) is -0.467. The van der Waals surface area contributed by atoms with Gasteiger partial charge >= 0.3 is 0 Å². The van der Waals surface area contributed by atoms with Crippen LogP contribution in [0.3, 0.4) is 0 Å². The largest absolute Gasteiger partial charge is 0.387 e. The van der Waals surface area contributed by atoms with Crippen molar-refractivity contribution in [1.82, 2.24) is 0 Å². The number of aliphatic hydroxyl groups is 1. The second-order valence-corrected chi connectivity index (χ2v) is 4.31. The van der Waals surface area contributed by atoms with Crippen molar-refractivity contribution < 1.29 is 9.50 Å². The summed E-state index contributed by atoms with van der Waals surface area (Å²) in [4.78, 5) is 0. The number of nitrogens with zero attached hydrogens (tertiary/aromatic N) is 1. The standard InChI is InChI=1S/C11H11ClFNO/c1-11(2,6-14)10(15)8-4-3-7(13)5-9(8)12/h3-5,10,15H,1-2H3. The molecule has 0 aliphatic rings. The second kappa shape index (κ2) is 4.18. The zero-order valence-electron chi connectivity index (χ0n) is 8.46. The van der Waals surface area contributed by atoms with Gasteiger partial charge in [0.1, 0.15) is 5.82 Å². The summed E-state index contributed by atoms with van der Waals surface area (Å²) in [7, 11) is 0. The van der Waals surface area contributed by atoms with Crippen molar-refractivity contribution in [2.45, 2.75) is 20.0 Å². The average molecular weight is 228 g/mol. The molecule has 0 aliphatic carbocycles. The fourth-order valence-corrected chi connectivity index (χ4v) is 1.44. The fraction of sp³-hybridized carbons (Fsp3) is 0.364. The molecule has 0 heterocycles.